The first-order valence-electron chi connectivity index (χ1n) is 7.15. The Hall–Kier alpha value is -1.30. The SMILES string of the molecule is C[C@H](NC(=O)[C@@H](C)Sc1ccc(F)c(F)c1)c1ccc(Cl)cc1Cl. The van der Waals surface area contributed by atoms with Gasteiger partial charge in [0.15, 0.2) is 11.6 Å². The molecule has 1 N–H and O–H groups in total. The summed E-state index contributed by atoms with van der Waals surface area (Å²) in [5.41, 5.74) is 0.749. The number of hydrogen-bond acceptors (Lipinski definition) is 2. The van der Waals surface area contributed by atoms with Gasteiger partial charge in [-0.2, -0.15) is 0 Å². The Bertz CT molecular complexity index is 757. The van der Waals surface area contributed by atoms with Crippen LogP contribution in [0.1, 0.15) is 25.5 Å². The van der Waals surface area contributed by atoms with Crippen LogP contribution in [0.2, 0.25) is 10.0 Å². The molecule has 0 aliphatic rings. The lowest BCUT2D eigenvalue weighted by Gasteiger charge is -2.19. The van der Waals surface area contributed by atoms with E-state index < -0.39 is 16.9 Å². The van der Waals surface area contributed by atoms with Crippen molar-refractivity contribution >= 4 is 40.9 Å². The van der Waals surface area contributed by atoms with E-state index >= 15 is 0 Å². The Labute approximate surface area is 153 Å². The van der Waals surface area contributed by atoms with Crippen LogP contribution in [0, 0.1) is 11.6 Å². The van der Waals surface area contributed by atoms with Crippen LogP contribution in [0.3, 0.4) is 0 Å². The normalized spacial score (nSPS) is 13.4. The minimum absolute atomic E-state index is 0.233. The molecule has 7 heteroatoms. The van der Waals surface area contributed by atoms with Gasteiger partial charge in [0.05, 0.1) is 11.3 Å². The number of rotatable bonds is 5. The second-order valence-corrected chi connectivity index (χ2v) is 7.49. The maximum atomic E-state index is 13.2. The first kappa shape index (κ1) is 19.0. The molecule has 128 valence electrons. The van der Waals surface area contributed by atoms with Crippen molar-refractivity contribution < 1.29 is 13.6 Å². The predicted octanol–water partition coefficient (Wildman–Crippen LogP) is 5.63. The molecular formula is C17H15Cl2F2NOS. The van der Waals surface area contributed by atoms with Crippen LogP contribution in [0.25, 0.3) is 0 Å². The summed E-state index contributed by atoms with van der Waals surface area (Å²) in [4.78, 5) is 12.8. The van der Waals surface area contributed by atoms with E-state index in [1.807, 2.05) is 6.92 Å². The summed E-state index contributed by atoms with van der Waals surface area (Å²) in [5.74, 6) is -2.08. The molecule has 0 fully saturated rings. The molecule has 2 aromatic rings. The van der Waals surface area contributed by atoms with Crippen LogP contribution in [-0.2, 0) is 4.79 Å². The van der Waals surface area contributed by atoms with Gasteiger partial charge < -0.3 is 5.32 Å². The van der Waals surface area contributed by atoms with Gasteiger partial charge in [-0.3, -0.25) is 4.79 Å². The molecule has 1 amide bonds. The average molecular weight is 390 g/mol. The number of halogens is 4. The summed E-state index contributed by atoms with van der Waals surface area (Å²) in [6.07, 6.45) is 0. The van der Waals surface area contributed by atoms with Crippen LogP contribution in [0.4, 0.5) is 8.78 Å². The van der Waals surface area contributed by atoms with E-state index in [2.05, 4.69) is 5.32 Å². The molecule has 0 aliphatic heterocycles. The highest BCUT2D eigenvalue weighted by atomic mass is 35.5. The topological polar surface area (TPSA) is 29.1 Å². The van der Waals surface area contributed by atoms with Gasteiger partial charge in [0.25, 0.3) is 0 Å². The van der Waals surface area contributed by atoms with Crippen LogP contribution >= 0.6 is 35.0 Å². The van der Waals surface area contributed by atoms with E-state index in [0.29, 0.717) is 14.9 Å². The third-order valence-electron chi connectivity index (χ3n) is 3.36. The zero-order valence-corrected chi connectivity index (χ0v) is 15.3. The van der Waals surface area contributed by atoms with E-state index in [9.17, 15) is 13.6 Å². The van der Waals surface area contributed by atoms with E-state index in [4.69, 9.17) is 23.2 Å². The Kier molecular flexibility index (Phi) is 6.49. The van der Waals surface area contributed by atoms with E-state index in [0.717, 1.165) is 29.5 Å². The van der Waals surface area contributed by atoms with Gasteiger partial charge in [0, 0.05) is 14.9 Å². The molecule has 2 atom stereocenters. The largest absolute Gasteiger partial charge is 0.349 e. The maximum absolute atomic E-state index is 13.2. The summed E-state index contributed by atoms with van der Waals surface area (Å²) in [5, 5.41) is 3.35. The maximum Gasteiger partial charge on any atom is 0.233 e. The van der Waals surface area contributed by atoms with Crippen LogP contribution < -0.4 is 5.32 Å². The summed E-state index contributed by atoms with van der Waals surface area (Å²) in [6.45, 7) is 3.50. The summed E-state index contributed by atoms with van der Waals surface area (Å²) in [7, 11) is 0. The number of thioether (sulfide) groups is 1. The fourth-order valence-corrected chi connectivity index (χ4v) is 3.54. The molecule has 2 aromatic carbocycles. The summed E-state index contributed by atoms with van der Waals surface area (Å²) >= 11 is 13.1. The zero-order valence-electron chi connectivity index (χ0n) is 12.9. The van der Waals surface area contributed by atoms with Crippen molar-refractivity contribution in [3.05, 3.63) is 63.6 Å². The molecule has 24 heavy (non-hydrogen) atoms. The third kappa shape index (κ3) is 4.85. The quantitative estimate of drug-likeness (QED) is 0.671. The Morgan fingerprint density at radius 1 is 1.08 bits per heavy atom. The number of carbonyl (C=O) groups excluding carboxylic acids is 1. The highest BCUT2D eigenvalue weighted by Gasteiger charge is 2.19. The van der Waals surface area contributed by atoms with Crippen molar-refractivity contribution in [1.82, 2.24) is 5.32 Å². The highest BCUT2D eigenvalue weighted by molar-refractivity contribution is 8.00. The van der Waals surface area contributed by atoms with Crippen LogP contribution in [-0.4, -0.2) is 11.2 Å². The smallest absolute Gasteiger partial charge is 0.233 e. The van der Waals surface area contributed by atoms with Crippen molar-refractivity contribution in [2.75, 3.05) is 0 Å². The summed E-state index contributed by atoms with van der Waals surface area (Å²) in [6, 6.07) is 8.30. The molecule has 0 unspecified atom stereocenters. The number of carbonyl (C=O) groups is 1. The lowest BCUT2D eigenvalue weighted by atomic mass is 10.1. The molecule has 0 saturated carbocycles. The molecule has 0 aromatic heterocycles. The standard InChI is InChI=1S/C17H15Cl2F2NOS/c1-9(13-5-3-11(18)7-14(13)19)22-17(23)10(2)24-12-4-6-15(20)16(21)8-12/h3-10H,1-2H3,(H,22,23)/t9-,10+/m0/s1. The zero-order chi connectivity index (χ0) is 17.9. The van der Waals surface area contributed by atoms with Crippen molar-refractivity contribution in [1.29, 1.82) is 0 Å². The second kappa shape index (κ2) is 8.19. The Balaban J connectivity index is 2.01. The molecule has 0 spiro atoms. The van der Waals surface area contributed by atoms with Gasteiger partial charge >= 0.3 is 0 Å². The van der Waals surface area contributed by atoms with Gasteiger partial charge in [0.2, 0.25) is 5.91 Å². The van der Waals surface area contributed by atoms with Crippen molar-refractivity contribution in [2.45, 2.75) is 30.0 Å². The molecule has 2 rings (SSSR count). The molecule has 0 saturated heterocycles. The van der Waals surface area contributed by atoms with Crippen molar-refractivity contribution in [2.24, 2.45) is 0 Å². The number of amides is 1. The monoisotopic (exact) mass is 389 g/mol. The van der Waals surface area contributed by atoms with Gasteiger partial charge in [-0.1, -0.05) is 29.3 Å². The minimum atomic E-state index is -0.936. The lowest BCUT2D eigenvalue weighted by Crippen LogP contribution is -2.33. The van der Waals surface area contributed by atoms with Crippen LogP contribution in [0.5, 0.6) is 0 Å². The first-order valence-corrected chi connectivity index (χ1v) is 8.78. The second-order valence-electron chi connectivity index (χ2n) is 5.23. The molecule has 0 radical (unpaired) electrons. The van der Waals surface area contributed by atoms with Gasteiger partial charge in [-0.15, -0.1) is 11.8 Å². The first-order chi connectivity index (χ1) is 11.3. The van der Waals surface area contributed by atoms with Crippen molar-refractivity contribution in [3.63, 3.8) is 0 Å². The van der Waals surface area contributed by atoms with Gasteiger partial charge in [0.1, 0.15) is 0 Å². The molecular weight excluding hydrogens is 375 g/mol. The molecule has 0 aliphatic carbocycles. The Morgan fingerprint density at radius 2 is 1.79 bits per heavy atom. The highest BCUT2D eigenvalue weighted by Crippen LogP contribution is 2.28. The average Bonchev–Trinajstić information content (AvgIpc) is 2.50. The van der Waals surface area contributed by atoms with Gasteiger partial charge in [-0.25, -0.2) is 8.78 Å². The number of hydrogen-bond donors (Lipinski definition) is 1. The van der Waals surface area contributed by atoms with Crippen LogP contribution in [0.15, 0.2) is 41.3 Å². The minimum Gasteiger partial charge on any atom is -0.349 e. The third-order valence-corrected chi connectivity index (χ3v) is 5.02. The molecule has 0 heterocycles. The van der Waals surface area contributed by atoms with E-state index in [1.165, 1.54) is 6.07 Å². The van der Waals surface area contributed by atoms with E-state index in [-0.39, 0.29) is 11.9 Å². The predicted molar refractivity (Wildman–Crippen MR) is 94.7 cm³/mol. The van der Waals surface area contributed by atoms with E-state index in [1.54, 1.807) is 25.1 Å². The lowest BCUT2D eigenvalue weighted by molar-refractivity contribution is -0.120. The molecule has 0 bridgehead atoms. The van der Waals surface area contributed by atoms with Crippen molar-refractivity contribution in [3.8, 4) is 0 Å². The fraction of sp³-hybridized carbons (Fsp3) is 0.235. The Morgan fingerprint density at radius 3 is 2.42 bits per heavy atom. The number of nitrogens with one attached hydrogen (secondary N) is 1. The van der Waals surface area contributed by atoms with Gasteiger partial charge in [-0.05, 0) is 49.7 Å². The molecule has 2 nitrogen and oxygen atoms in total. The fourth-order valence-electron chi connectivity index (χ4n) is 2.07. The summed E-state index contributed by atoms with van der Waals surface area (Å²) < 4.78 is 26.2. The number of benzene rings is 2.